The molecular formula is C24H28N2O5. The molecule has 3 rings (SSSR count). The first-order valence-electron chi connectivity index (χ1n) is 10.3. The Labute approximate surface area is 182 Å². The third-order valence-corrected chi connectivity index (χ3v) is 5.10. The Bertz CT molecular complexity index is 913. The van der Waals surface area contributed by atoms with E-state index in [1.54, 1.807) is 44.6 Å². The summed E-state index contributed by atoms with van der Waals surface area (Å²) in [6.45, 7) is 0. The van der Waals surface area contributed by atoms with Crippen LogP contribution in [0.15, 0.2) is 54.6 Å². The minimum atomic E-state index is -0.475. The lowest BCUT2D eigenvalue weighted by molar-refractivity contribution is -0.117. The number of nitrogens with one attached hydrogen (secondary N) is 2. The number of hydrogen-bond donors (Lipinski definition) is 2. The molecule has 0 saturated heterocycles. The normalized spacial score (nSPS) is 18.3. The van der Waals surface area contributed by atoms with Gasteiger partial charge in [-0.2, -0.15) is 0 Å². The number of ether oxygens (including phenoxy) is 3. The number of anilines is 1. The van der Waals surface area contributed by atoms with Crippen molar-refractivity contribution < 1.29 is 23.8 Å². The van der Waals surface area contributed by atoms with Gasteiger partial charge in [-0.15, -0.1) is 0 Å². The highest BCUT2D eigenvalue weighted by molar-refractivity contribution is 5.92. The van der Waals surface area contributed by atoms with E-state index in [9.17, 15) is 9.59 Å². The van der Waals surface area contributed by atoms with Crippen molar-refractivity contribution in [3.05, 3.63) is 60.2 Å². The molecule has 2 aromatic carbocycles. The van der Waals surface area contributed by atoms with Gasteiger partial charge in [0.2, 0.25) is 5.91 Å². The van der Waals surface area contributed by atoms with Crippen molar-refractivity contribution >= 4 is 23.8 Å². The van der Waals surface area contributed by atoms with Crippen molar-refractivity contribution in [1.82, 2.24) is 5.32 Å². The number of carbonyl (C=O) groups excluding carboxylic acids is 2. The molecule has 2 N–H and O–H groups in total. The summed E-state index contributed by atoms with van der Waals surface area (Å²) < 4.78 is 16.0. The van der Waals surface area contributed by atoms with Gasteiger partial charge in [0.25, 0.3) is 0 Å². The molecule has 0 bridgehead atoms. The van der Waals surface area contributed by atoms with Gasteiger partial charge in [0.1, 0.15) is 6.10 Å². The maximum absolute atomic E-state index is 12.4. The molecule has 7 nitrogen and oxygen atoms in total. The summed E-state index contributed by atoms with van der Waals surface area (Å²) in [5, 5.41) is 5.72. The summed E-state index contributed by atoms with van der Waals surface area (Å²) in [5.41, 5.74) is 1.52. The lowest BCUT2D eigenvalue weighted by Crippen LogP contribution is -2.40. The molecule has 164 valence electrons. The fourth-order valence-corrected chi connectivity index (χ4v) is 3.58. The Balaban J connectivity index is 1.48. The summed E-state index contributed by atoms with van der Waals surface area (Å²) in [5.74, 6) is 1.05. The van der Waals surface area contributed by atoms with Crippen molar-refractivity contribution in [2.24, 2.45) is 0 Å². The summed E-state index contributed by atoms with van der Waals surface area (Å²) in [4.78, 5) is 24.5. The molecule has 1 saturated carbocycles. The van der Waals surface area contributed by atoms with Crippen molar-refractivity contribution in [1.29, 1.82) is 0 Å². The third kappa shape index (κ3) is 6.77. The van der Waals surface area contributed by atoms with E-state index >= 15 is 0 Å². The summed E-state index contributed by atoms with van der Waals surface area (Å²) in [6.07, 6.45) is 5.64. The van der Waals surface area contributed by atoms with Crippen LogP contribution in [0.2, 0.25) is 0 Å². The molecule has 0 unspecified atom stereocenters. The second kappa shape index (κ2) is 11.1. The largest absolute Gasteiger partial charge is 0.493 e. The molecule has 1 fully saturated rings. The lowest BCUT2D eigenvalue weighted by Gasteiger charge is -2.29. The summed E-state index contributed by atoms with van der Waals surface area (Å²) >= 11 is 0. The van der Waals surface area contributed by atoms with Gasteiger partial charge in [-0.1, -0.05) is 24.3 Å². The second-order valence-electron chi connectivity index (χ2n) is 7.34. The van der Waals surface area contributed by atoms with Crippen LogP contribution in [-0.4, -0.2) is 38.4 Å². The number of benzene rings is 2. The van der Waals surface area contributed by atoms with Gasteiger partial charge in [-0.3, -0.25) is 10.1 Å². The zero-order chi connectivity index (χ0) is 22.1. The van der Waals surface area contributed by atoms with Crippen molar-refractivity contribution in [2.75, 3.05) is 19.5 Å². The molecule has 2 atom stereocenters. The molecule has 31 heavy (non-hydrogen) atoms. The Morgan fingerprint density at radius 3 is 2.52 bits per heavy atom. The van der Waals surface area contributed by atoms with Gasteiger partial charge in [-0.05, 0) is 55.2 Å². The van der Waals surface area contributed by atoms with Crippen LogP contribution in [0.1, 0.15) is 31.2 Å². The van der Waals surface area contributed by atoms with E-state index in [-0.39, 0.29) is 18.1 Å². The molecular weight excluding hydrogens is 396 g/mol. The number of hydrogen-bond acceptors (Lipinski definition) is 5. The molecule has 7 heteroatoms. The van der Waals surface area contributed by atoms with Crippen molar-refractivity contribution in [3.8, 4) is 11.5 Å². The van der Waals surface area contributed by atoms with Crippen LogP contribution >= 0.6 is 0 Å². The fraction of sp³-hybridized carbons (Fsp3) is 0.333. The van der Waals surface area contributed by atoms with Crippen LogP contribution < -0.4 is 20.1 Å². The van der Waals surface area contributed by atoms with Gasteiger partial charge in [0, 0.05) is 24.2 Å². The molecule has 2 aromatic rings. The molecule has 1 aliphatic carbocycles. The van der Waals surface area contributed by atoms with Crippen LogP contribution in [-0.2, 0) is 9.53 Å². The van der Waals surface area contributed by atoms with E-state index in [1.807, 2.05) is 24.3 Å². The van der Waals surface area contributed by atoms with E-state index in [2.05, 4.69) is 10.6 Å². The van der Waals surface area contributed by atoms with Crippen molar-refractivity contribution in [2.45, 2.75) is 37.8 Å². The zero-order valence-electron chi connectivity index (χ0n) is 17.8. The highest BCUT2D eigenvalue weighted by atomic mass is 16.6. The van der Waals surface area contributed by atoms with Crippen LogP contribution in [0.5, 0.6) is 11.5 Å². The first-order chi connectivity index (χ1) is 15.1. The van der Waals surface area contributed by atoms with Crippen LogP contribution in [0.4, 0.5) is 10.5 Å². The van der Waals surface area contributed by atoms with E-state index in [0.29, 0.717) is 23.6 Å². The summed E-state index contributed by atoms with van der Waals surface area (Å²) in [6, 6.07) is 14.6. The standard InChI is InChI=1S/C24H28N2O5/c1-29-21-13-11-17(15-22(21)30-2)12-14-23(27)25-19-9-6-10-20(16-19)31-24(28)26-18-7-4-3-5-8-18/h3-5,7-8,11-15,19-20H,6,9-10,16H2,1-2H3,(H,25,27)(H,26,28)/b14-12+/t19-,20+/m1/s1. The van der Waals surface area contributed by atoms with Crippen LogP contribution in [0.3, 0.4) is 0 Å². The number of methoxy groups -OCH3 is 2. The Hall–Kier alpha value is -3.48. The predicted molar refractivity (Wildman–Crippen MR) is 119 cm³/mol. The SMILES string of the molecule is COc1ccc(/C=C/C(=O)N[C@@H]2CCC[C@H](OC(=O)Nc3ccccc3)C2)cc1OC. The van der Waals surface area contributed by atoms with Crippen LogP contribution in [0.25, 0.3) is 6.08 Å². The highest BCUT2D eigenvalue weighted by Crippen LogP contribution is 2.28. The molecule has 0 aromatic heterocycles. The monoisotopic (exact) mass is 424 g/mol. The first-order valence-corrected chi connectivity index (χ1v) is 10.3. The van der Waals surface area contributed by atoms with Crippen LogP contribution in [0, 0.1) is 0 Å². The molecule has 0 heterocycles. The topological polar surface area (TPSA) is 85.9 Å². The lowest BCUT2D eigenvalue weighted by atomic mass is 9.93. The highest BCUT2D eigenvalue weighted by Gasteiger charge is 2.25. The maximum Gasteiger partial charge on any atom is 0.411 e. The molecule has 0 aliphatic heterocycles. The number of carbonyl (C=O) groups is 2. The maximum atomic E-state index is 12.4. The predicted octanol–water partition coefficient (Wildman–Crippen LogP) is 4.39. The second-order valence-corrected chi connectivity index (χ2v) is 7.34. The summed E-state index contributed by atoms with van der Waals surface area (Å²) in [7, 11) is 3.15. The van der Waals surface area contributed by atoms with Crippen molar-refractivity contribution in [3.63, 3.8) is 0 Å². The van der Waals surface area contributed by atoms with Gasteiger partial charge in [0.05, 0.1) is 14.2 Å². The molecule has 0 spiro atoms. The Morgan fingerprint density at radius 2 is 1.77 bits per heavy atom. The van der Waals surface area contributed by atoms with Gasteiger partial charge >= 0.3 is 6.09 Å². The van der Waals surface area contributed by atoms with E-state index in [1.165, 1.54) is 6.08 Å². The Kier molecular flexibility index (Phi) is 7.92. The quantitative estimate of drug-likeness (QED) is 0.644. The minimum absolute atomic E-state index is 0.0363. The van der Waals surface area contributed by atoms with E-state index in [0.717, 1.165) is 24.8 Å². The first kappa shape index (κ1) is 22.2. The smallest absolute Gasteiger partial charge is 0.411 e. The third-order valence-electron chi connectivity index (χ3n) is 5.10. The zero-order valence-corrected chi connectivity index (χ0v) is 17.8. The van der Waals surface area contributed by atoms with Gasteiger partial charge in [-0.25, -0.2) is 4.79 Å². The fourth-order valence-electron chi connectivity index (χ4n) is 3.58. The average Bonchev–Trinajstić information content (AvgIpc) is 2.78. The molecule has 2 amide bonds. The number of para-hydroxylation sites is 1. The van der Waals surface area contributed by atoms with E-state index < -0.39 is 6.09 Å². The minimum Gasteiger partial charge on any atom is -0.493 e. The number of amides is 2. The number of rotatable bonds is 7. The molecule has 0 radical (unpaired) electrons. The average molecular weight is 424 g/mol. The van der Waals surface area contributed by atoms with Gasteiger partial charge in [0.15, 0.2) is 11.5 Å². The molecule has 1 aliphatic rings. The van der Waals surface area contributed by atoms with E-state index in [4.69, 9.17) is 14.2 Å². The Morgan fingerprint density at radius 1 is 1.00 bits per heavy atom. The van der Waals surface area contributed by atoms with Gasteiger partial charge < -0.3 is 19.5 Å².